The van der Waals surface area contributed by atoms with Crippen LogP contribution in [0.1, 0.15) is 38.3 Å². The van der Waals surface area contributed by atoms with Crippen LogP contribution in [0.15, 0.2) is 12.5 Å². The van der Waals surface area contributed by atoms with Crippen LogP contribution in [0.4, 0.5) is 0 Å². The van der Waals surface area contributed by atoms with Gasteiger partial charge in [-0.15, -0.1) is 0 Å². The first-order chi connectivity index (χ1) is 10.2. The average molecular weight is 290 g/mol. The number of aromatic nitrogens is 2. The van der Waals surface area contributed by atoms with Gasteiger partial charge in [-0.1, -0.05) is 6.92 Å². The Bertz CT molecular complexity index is 540. The van der Waals surface area contributed by atoms with Crippen molar-refractivity contribution in [3.8, 4) is 0 Å². The molecule has 1 aromatic heterocycles. The van der Waals surface area contributed by atoms with E-state index in [-0.39, 0.29) is 17.9 Å². The van der Waals surface area contributed by atoms with Gasteiger partial charge in [0.2, 0.25) is 11.8 Å². The first-order valence-electron chi connectivity index (χ1n) is 7.78. The molecule has 0 aromatic carbocycles. The lowest BCUT2D eigenvalue weighted by Crippen LogP contribution is -2.49. The fourth-order valence-corrected chi connectivity index (χ4v) is 3.26. The van der Waals surface area contributed by atoms with Crippen molar-refractivity contribution >= 4 is 11.8 Å². The molecule has 0 spiro atoms. The molecular weight excluding hydrogens is 268 g/mol. The fourth-order valence-electron chi connectivity index (χ4n) is 3.26. The molecular formula is C15H22N4O2. The molecule has 0 saturated carbocycles. The summed E-state index contributed by atoms with van der Waals surface area (Å²) in [6.45, 7) is 4.81. The smallest absolute Gasteiger partial charge is 0.245 e. The van der Waals surface area contributed by atoms with Crippen molar-refractivity contribution in [3.05, 3.63) is 18.2 Å². The molecule has 1 aromatic rings. The first-order valence-corrected chi connectivity index (χ1v) is 7.78. The predicted octanol–water partition coefficient (Wildman–Crippen LogP) is 1.02. The Labute approximate surface area is 124 Å². The lowest BCUT2D eigenvalue weighted by atomic mass is 10.1. The third-order valence-corrected chi connectivity index (χ3v) is 4.40. The van der Waals surface area contributed by atoms with E-state index in [0.717, 1.165) is 38.0 Å². The summed E-state index contributed by atoms with van der Waals surface area (Å²) in [5, 5.41) is 0. The van der Waals surface area contributed by atoms with Gasteiger partial charge >= 0.3 is 0 Å². The second-order valence-corrected chi connectivity index (χ2v) is 5.83. The van der Waals surface area contributed by atoms with Crippen LogP contribution in [0.3, 0.4) is 0 Å². The normalized spacial score (nSPS) is 21.5. The maximum absolute atomic E-state index is 12.8. The fraction of sp³-hybridized carbons (Fsp3) is 0.667. The molecule has 2 amide bonds. The van der Waals surface area contributed by atoms with Gasteiger partial charge in [0, 0.05) is 32.3 Å². The number of likely N-dealkylation sites (tertiary alicyclic amines) is 1. The van der Waals surface area contributed by atoms with Crippen molar-refractivity contribution in [2.24, 2.45) is 0 Å². The molecule has 1 fully saturated rings. The number of carbonyl (C=O) groups excluding carboxylic acids is 2. The average Bonchev–Trinajstić information content (AvgIpc) is 3.14. The van der Waals surface area contributed by atoms with Gasteiger partial charge in [-0.05, 0) is 19.3 Å². The van der Waals surface area contributed by atoms with Gasteiger partial charge < -0.3 is 14.4 Å². The van der Waals surface area contributed by atoms with E-state index in [1.807, 2.05) is 24.3 Å². The summed E-state index contributed by atoms with van der Waals surface area (Å²) >= 11 is 0. The summed E-state index contributed by atoms with van der Waals surface area (Å²) < 4.78 is 2.08. The second kappa shape index (κ2) is 5.87. The van der Waals surface area contributed by atoms with E-state index in [4.69, 9.17) is 0 Å². The number of fused-ring (bicyclic) bond motifs is 1. The minimum Gasteiger partial charge on any atom is -0.333 e. The molecule has 1 atom stereocenters. The molecule has 3 rings (SSSR count). The van der Waals surface area contributed by atoms with Gasteiger partial charge in [-0.3, -0.25) is 9.59 Å². The van der Waals surface area contributed by atoms with Crippen LogP contribution in [0.2, 0.25) is 0 Å². The Kier molecular flexibility index (Phi) is 3.94. The van der Waals surface area contributed by atoms with Crippen molar-refractivity contribution in [1.82, 2.24) is 19.4 Å². The number of amides is 2. The van der Waals surface area contributed by atoms with Gasteiger partial charge in [0.25, 0.3) is 0 Å². The first kappa shape index (κ1) is 14.1. The quantitative estimate of drug-likeness (QED) is 0.835. The monoisotopic (exact) mass is 290 g/mol. The van der Waals surface area contributed by atoms with Gasteiger partial charge in [-0.2, -0.15) is 0 Å². The molecule has 2 aliphatic heterocycles. The van der Waals surface area contributed by atoms with Crippen LogP contribution in [0.5, 0.6) is 0 Å². The van der Waals surface area contributed by atoms with Gasteiger partial charge in [0.05, 0.1) is 18.6 Å². The van der Waals surface area contributed by atoms with E-state index in [0.29, 0.717) is 19.5 Å². The molecule has 3 heterocycles. The topological polar surface area (TPSA) is 58.4 Å². The summed E-state index contributed by atoms with van der Waals surface area (Å²) in [6, 6.07) is -0.251. The minimum absolute atomic E-state index is 0.101. The highest BCUT2D eigenvalue weighted by Gasteiger charge is 2.36. The number of rotatable bonds is 3. The van der Waals surface area contributed by atoms with Gasteiger partial charge in [0.15, 0.2) is 0 Å². The van der Waals surface area contributed by atoms with E-state index in [2.05, 4.69) is 9.55 Å². The Morgan fingerprint density at radius 2 is 2.19 bits per heavy atom. The maximum atomic E-state index is 12.8. The van der Waals surface area contributed by atoms with Crippen LogP contribution in [0, 0.1) is 0 Å². The maximum Gasteiger partial charge on any atom is 0.245 e. The molecule has 21 heavy (non-hydrogen) atoms. The minimum atomic E-state index is -0.251. The zero-order valence-corrected chi connectivity index (χ0v) is 12.5. The Morgan fingerprint density at radius 3 is 3.00 bits per heavy atom. The Balaban J connectivity index is 1.69. The highest BCUT2D eigenvalue weighted by atomic mass is 16.2. The highest BCUT2D eigenvalue weighted by Crippen LogP contribution is 2.22. The largest absolute Gasteiger partial charge is 0.333 e. The third-order valence-electron chi connectivity index (χ3n) is 4.40. The van der Waals surface area contributed by atoms with Crippen LogP contribution < -0.4 is 0 Å². The summed E-state index contributed by atoms with van der Waals surface area (Å²) in [4.78, 5) is 32.7. The van der Waals surface area contributed by atoms with Crippen LogP contribution in [0.25, 0.3) is 0 Å². The molecule has 1 saturated heterocycles. The van der Waals surface area contributed by atoms with E-state index in [1.165, 1.54) is 0 Å². The summed E-state index contributed by atoms with van der Waals surface area (Å²) in [5.74, 6) is 0.222. The zero-order chi connectivity index (χ0) is 14.8. The van der Waals surface area contributed by atoms with Crippen molar-refractivity contribution in [2.45, 2.75) is 51.7 Å². The molecule has 114 valence electrons. The predicted molar refractivity (Wildman–Crippen MR) is 77.3 cm³/mol. The van der Waals surface area contributed by atoms with Crippen LogP contribution in [-0.2, 0) is 22.7 Å². The highest BCUT2D eigenvalue weighted by molar-refractivity contribution is 5.88. The van der Waals surface area contributed by atoms with E-state index >= 15 is 0 Å². The summed E-state index contributed by atoms with van der Waals surface area (Å²) in [7, 11) is 0. The van der Waals surface area contributed by atoms with Gasteiger partial charge in [0.1, 0.15) is 6.04 Å². The number of nitrogens with zero attached hydrogens (tertiary/aromatic N) is 4. The van der Waals surface area contributed by atoms with E-state index < -0.39 is 0 Å². The Morgan fingerprint density at radius 1 is 1.33 bits per heavy atom. The number of hydrogen-bond acceptors (Lipinski definition) is 3. The van der Waals surface area contributed by atoms with Crippen molar-refractivity contribution in [1.29, 1.82) is 0 Å². The molecule has 0 radical (unpaired) electrons. The SMILES string of the molecule is CCCC(=O)N1CCCC1C(=O)N1CCn2cncc2C1. The molecule has 6 heteroatoms. The Hall–Kier alpha value is -1.85. The second-order valence-electron chi connectivity index (χ2n) is 5.83. The van der Waals surface area contributed by atoms with Gasteiger partial charge in [-0.25, -0.2) is 4.98 Å². The molecule has 0 bridgehead atoms. The van der Waals surface area contributed by atoms with E-state index in [9.17, 15) is 9.59 Å². The van der Waals surface area contributed by atoms with Crippen molar-refractivity contribution in [3.63, 3.8) is 0 Å². The number of imidazole rings is 1. The zero-order valence-electron chi connectivity index (χ0n) is 12.5. The molecule has 0 N–H and O–H groups in total. The van der Waals surface area contributed by atoms with Crippen LogP contribution >= 0.6 is 0 Å². The van der Waals surface area contributed by atoms with Crippen molar-refractivity contribution in [2.75, 3.05) is 13.1 Å². The van der Waals surface area contributed by atoms with Crippen LogP contribution in [-0.4, -0.2) is 50.3 Å². The molecule has 0 aliphatic carbocycles. The molecule has 6 nitrogen and oxygen atoms in total. The van der Waals surface area contributed by atoms with E-state index in [1.54, 1.807) is 4.90 Å². The third kappa shape index (κ3) is 2.66. The molecule has 1 unspecified atom stereocenters. The lowest BCUT2D eigenvalue weighted by Gasteiger charge is -2.33. The number of hydrogen-bond donors (Lipinski definition) is 0. The summed E-state index contributed by atoms with van der Waals surface area (Å²) in [6.07, 6.45) is 6.72. The van der Waals surface area contributed by atoms with Crippen molar-refractivity contribution < 1.29 is 9.59 Å². The lowest BCUT2D eigenvalue weighted by molar-refractivity contribution is -0.144. The molecule has 2 aliphatic rings. The number of carbonyl (C=O) groups is 2. The standard InChI is InChI=1S/C15H22N4O2/c1-2-4-14(20)19-6-3-5-13(19)15(21)17-7-8-18-11-16-9-12(18)10-17/h9,11,13H,2-8,10H2,1H3. The summed E-state index contributed by atoms with van der Waals surface area (Å²) in [5.41, 5.74) is 1.07.